The van der Waals surface area contributed by atoms with Gasteiger partial charge in [-0.1, -0.05) is 18.3 Å². The van der Waals surface area contributed by atoms with E-state index in [1.807, 2.05) is 0 Å². The Morgan fingerprint density at radius 2 is 2.11 bits per heavy atom. The zero-order valence-electron chi connectivity index (χ0n) is 10.3. The maximum absolute atomic E-state index is 11.5. The van der Waals surface area contributed by atoms with Gasteiger partial charge in [-0.25, -0.2) is 4.79 Å². The summed E-state index contributed by atoms with van der Waals surface area (Å²) in [5, 5.41) is 2.46. The molecule has 0 aromatic rings. The Morgan fingerprint density at radius 1 is 1.44 bits per heavy atom. The molecule has 0 bridgehead atoms. The summed E-state index contributed by atoms with van der Waals surface area (Å²) >= 11 is 1.13. The minimum Gasteiger partial charge on any atom is -0.460 e. The molecule has 102 valence electrons. The summed E-state index contributed by atoms with van der Waals surface area (Å²) in [5.74, 6) is -0.453. The van der Waals surface area contributed by atoms with Gasteiger partial charge in [0.15, 0.2) is 0 Å². The molecular weight excluding hydrogens is 258 g/mol. The largest absolute Gasteiger partial charge is 0.460 e. The number of rotatable bonds is 5. The molecule has 0 aliphatic carbocycles. The first kappa shape index (κ1) is 15.0. The van der Waals surface area contributed by atoms with Crippen LogP contribution in [0.2, 0.25) is 0 Å². The predicted molar refractivity (Wildman–Crippen MR) is 67.3 cm³/mol. The summed E-state index contributed by atoms with van der Waals surface area (Å²) in [5.41, 5.74) is 0.340. The van der Waals surface area contributed by atoms with E-state index in [2.05, 4.69) is 11.9 Å². The summed E-state index contributed by atoms with van der Waals surface area (Å²) < 4.78 is 15.0. The van der Waals surface area contributed by atoms with Crippen LogP contribution in [0.3, 0.4) is 0 Å². The molecule has 1 aliphatic rings. The van der Waals surface area contributed by atoms with E-state index in [9.17, 15) is 9.59 Å². The molecule has 1 amide bonds. The number of hydrogen-bond donors (Lipinski definition) is 1. The molecule has 18 heavy (non-hydrogen) atoms. The zero-order chi connectivity index (χ0) is 13.4. The number of ether oxygens (including phenoxy) is 3. The Labute approximate surface area is 110 Å². The summed E-state index contributed by atoms with van der Waals surface area (Å²) in [6.07, 6.45) is 0. The second-order valence-corrected chi connectivity index (χ2v) is 5.00. The SMILES string of the molecule is C=C(C)C(=O)OCCNC(=O)SC1COCOC1. The standard InChI is InChI=1S/C11H17NO5S/c1-8(2)10(13)17-4-3-12-11(14)18-9-5-15-7-16-6-9/h9H,1,3-7H2,2H3,(H,12,14). The van der Waals surface area contributed by atoms with Crippen molar-refractivity contribution < 1.29 is 23.8 Å². The van der Waals surface area contributed by atoms with Crippen LogP contribution in [-0.2, 0) is 19.0 Å². The molecule has 7 heteroatoms. The maximum Gasteiger partial charge on any atom is 0.333 e. The molecule has 0 unspecified atom stereocenters. The van der Waals surface area contributed by atoms with E-state index in [0.29, 0.717) is 18.8 Å². The number of carbonyl (C=O) groups is 2. The van der Waals surface area contributed by atoms with Crippen molar-refractivity contribution >= 4 is 23.0 Å². The molecule has 0 aromatic heterocycles. The van der Waals surface area contributed by atoms with Crippen molar-refractivity contribution in [3.8, 4) is 0 Å². The fraction of sp³-hybridized carbons (Fsp3) is 0.636. The van der Waals surface area contributed by atoms with Gasteiger partial charge in [-0.15, -0.1) is 0 Å². The topological polar surface area (TPSA) is 73.9 Å². The van der Waals surface area contributed by atoms with Crippen LogP contribution in [0.5, 0.6) is 0 Å². The lowest BCUT2D eigenvalue weighted by atomic mass is 10.4. The molecule has 1 fully saturated rings. The molecule has 0 spiro atoms. The van der Waals surface area contributed by atoms with Gasteiger partial charge in [-0.2, -0.15) is 0 Å². The molecule has 1 saturated heterocycles. The molecular formula is C11H17NO5S. The fourth-order valence-corrected chi connectivity index (χ4v) is 1.96. The van der Waals surface area contributed by atoms with Gasteiger partial charge in [0.05, 0.1) is 25.0 Å². The first-order chi connectivity index (χ1) is 8.59. The van der Waals surface area contributed by atoms with Crippen molar-refractivity contribution in [2.75, 3.05) is 33.2 Å². The Balaban J connectivity index is 2.06. The highest BCUT2D eigenvalue weighted by Crippen LogP contribution is 2.15. The van der Waals surface area contributed by atoms with Crippen molar-refractivity contribution in [2.45, 2.75) is 12.2 Å². The van der Waals surface area contributed by atoms with E-state index >= 15 is 0 Å². The van der Waals surface area contributed by atoms with E-state index in [0.717, 1.165) is 11.8 Å². The molecule has 0 atom stereocenters. The summed E-state index contributed by atoms with van der Waals surface area (Å²) in [6.45, 7) is 6.73. The quantitative estimate of drug-likeness (QED) is 0.457. The Kier molecular flexibility index (Phi) is 6.77. The maximum atomic E-state index is 11.5. The van der Waals surface area contributed by atoms with Crippen molar-refractivity contribution in [2.24, 2.45) is 0 Å². The van der Waals surface area contributed by atoms with Crippen LogP contribution < -0.4 is 5.32 Å². The van der Waals surface area contributed by atoms with Crippen LogP contribution in [0.1, 0.15) is 6.92 Å². The Morgan fingerprint density at radius 3 is 2.72 bits per heavy atom. The average molecular weight is 275 g/mol. The van der Waals surface area contributed by atoms with Gasteiger partial charge < -0.3 is 19.5 Å². The van der Waals surface area contributed by atoms with E-state index < -0.39 is 5.97 Å². The number of hydrogen-bond acceptors (Lipinski definition) is 6. The number of thioether (sulfide) groups is 1. The second kappa shape index (κ2) is 8.12. The lowest BCUT2D eigenvalue weighted by molar-refractivity contribution is -0.138. The van der Waals surface area contributed by atoms with Gasteiger partial charge in [0.1, 0.15) is 13.4 Å². The highest BCUT2D eigenvalue weighted by atomic mass is 32.2. The molecule has 1 heterocycles. The number of esters is 1. The van der Waals surface area contributed by atoms with Crippen LogP contribution in [0.25, 0.3) is 0 Å². The number of amides is 1. The van der Waals surface area contributed by atoms with Gasteiger partial charge >= 0.3 is 5.97 Å². The lowest BCUT2D eigenvalue weighted by Gasteiger charge is -2.20. The highest BCUT2D eigenvalue weighted by Gasteiger charge is 2.18. The Bertz CT molecular complexity index is 315. The minimum absolute atomic E-state index is 0.0109. The van der Waals surface area contributed by atoms with Crippen LogP contribution in [0, 0.1) is 0 Å². The third-order valence-electron chi connectivity index (χ3n) is 2.00. The molecule has 0 radical (unpaired) electrons. The van der Waals surface area contributed by atoms with Gasteiger partial charge in [-0.3, -0.25) is 4.79 Å². The van der Waals surface area contributed by atoms with Gasteiger partial charge in [0.25, 0.3) is 5.24 Å². The smallest absolute Gasteiger partial charge is 0.333 e. The van der Waals surface area contributed by atoms with E-state index in [4.69, 9.17) is 14.2 Å². The van der Waals surface area contributed by atoms with Gasteiger partial charge in [-0.05, 0) is 6.92 Å². The highest BCUT2D eigenvalue weighted by molar-refractivity contribution is 8.14. The molecule has 1 N–H and O–H groups in total. The zero-order valence-corrected chi connectivity index (χ0v) is 11.1. The molecule has 1 rings (SSSR count). The second-order valence-electron chi connectivity index (χ2n) is 3.73. The van der Waals surface area contributed by atoms with E-state index in [-0.39, 0.29) is 30.4 Å². The van der Waals surface area contributed by atoms with Crippen LogP contribution >= 0.6 is 11.8 Å². The normalized spacial score (nSPS) is 16.1. The van der Waals surface area contributed by atoms with Crippen LogP contribution in [0.15, 0.2) is 12.2 Å². The summed E-state index contributed by atoms with van der Waals surface area (Å²) in [4.78, 5) is 22.5. The van der Waals surface area contributed by atoms with Gasteiger partial charge in [0, 0.05) is 5.57 Å². The molecule has 0 aromatic carbocycles. The Hall–Kier alpha value is -1.05. The van der Waals surface area contributed by atoms with Crippen LogP contribution in [-0.4, -0.2) is 49.6 Å². The third-order valence-corrected chi connectivity index (χ3v) is 2.96. The van der Waals surface area contributed by atoms with Crippen molar-refractivity contribution in [1.82, 2.24) is 5.32 Å². The number of nitrogens with one attached hydrogen (secondary N) is 1. The van der Waals surface area contributed by atoms with Crippen LogP contribution in [0.4, 0.5) is 4.79 Å². The first-order valence-electron chi connectivity index (χ1n) is 5.52. The molecule has 0 saturated carbocycles. The third kappa shape index (κ3) is 6.04. The minimum atomic E-state index is -0.453. The monoisotopic (exact) mass is 275 g/mol. The van der Waals surface area contributed by atoms with Crippen molar-refractivity contribution in [1.29, 1.82) is 0 Å². The fourth-order valence-electron chi connectivity index (χ4n) is 1.15. The molecule has 6 nitrogen and oxygen atoms in total. The van der Waals surface area contributed by atoms with Crippen molar-refractivity contribution in [3.05, 3.63) is 12.2 Å². The number of carbonyl (C=O) groups excluding carboxylic acids is 2. The summed E-state index contributed by atoms with van der Waals surface area (Å²) in [7, 11) is 0. The predicted octanol–water partition coefficient (Wildman–Crippen LogP) is 0.921. The van der Waals surface area contributed by atoms with Crippen molar-refractivity contribution in [3.63, 3.8) is 0 Å². The lowest BCUT2D eigenvalue weighted by Crippen LogP contribution is -2.31. The molecule has 1 aliphatic heterocycles. The van der Waals surface area contributed by atoms with E-state index in [1.54, 1.807) is 6.92 Å². The van der Waals surface area contributed by atoms with Gasteiger partial charge in [0.2, 0.25) is 0 Å². The average Bonchev–Trinajstić information content (AvgIpc) is 2.35. The first-order valence-corrected chi connectivity index (χ1v) is 6.40. The summed E-state index contributed by atoms with van der Waals surface area (Å²) in [6, 6.07) is 0. The van der Waals surface area contributed by atoms with E-state index in [1.165, 1.54) is 0 Å².